The molecule has 1 aromatic heterocycles. The molecule has 1 aliphatic heterocycles. The topological polar surface area (TPSA) is 93.9 Å². The lowest BCUT2D eigenvalue weighted by Crippen LogP contribution is -2.27. The van der Waals surface area contributed by atoms with E-state index in [1.54, 1.807) is 4.68 Å². The van der Waals surface area contributed by atoms with E-state index in [1.165, 1.54) is 0 Å². The third-order valence-electron chi connectivity index (χ3n) is 4.87. The first-order valence-electron chi connectivity index (χ1n) is 8.53. The summed E-state index contributed by atoms with van der Waals surface area (Å²) in [6, 6.07) is 13.9. The summed E-state index contributed by atoms with van der Waals surface area (Å²) in [6.07, 6.45) is 1.84. The molecule has 1 aromatic carbocycles. The Morgan fingerprint density at radius 3 is 2.81 bits per heavy atom. The fraction of sp³-hybridized carbons (Fsp3) is 0.250. The highest BCUT2D eigenvalue weighted by molar-refractivity contribution is 5.99. The molecule has 26 heavy (non-hydrogen) atoms. The number of hydrogen-bond acceptors (Lipinski definition) is 5. The Labute approximate surface area is 151 Å². The summed E-state index contributed by atoms with van der Waals surface area (Å²) in [4.78, 5) is 12.6. The van der Waals surface area contributed by atoms with Crippen LogP contribution >= 0.6 is 0 Å². The van der Waals surface area contributed by atoms with Crippen molar-refractivity contribution in [1.82, 2.24) is 9.78 Å². The Kier molecular flexibility index (Phi) is 3.85. The van der Waals surface area contributed by atoms with Crippen molar-refractivity contribution >= 4 is 5.78 Å². The molecule has 1 atom stereocenters. The minimum atomic E-state index is -0.569. The van der Waals surface area contributed by atoms with E-state index in [1.807, 2.05) is 43.4 Å². The highest BCUT2D eigenvalue weighted by Crippen LogP contribution is 2.43. The number of aryl methyl sites for hydroxylation is 1. The molecular weight excluding hydrogens is 328 g/mol. The summed E-state index contributed by atoms with van der Waals surface area (Å²) in [5.74, 6) is 0.0798. The van der Waals surface area contributed by atoms with Crippen LogP contribution in [0.3, 0.4) is 0 Å². The minimum Gasteiger partial charge on any atom is -0.444 e. The highest BCUT2D eigenvalue weighted by Gasteiger charge is 2.39. The number of carbonyl (C=O) groups excluding carboxylic acids is 1. The van der Waals surface area contributed by atoms with Gasteiger partial charge in [0.25, 0.3) is 0 Å². The van der Waals surface area contributed by atoms with E-state index in [4.69, 9.17) is 10.5 Å². The van der Waals surface area contributed by atoms with Crippen LogP contribution in [0.5, 0.6) is 0 Å². The van der Waals surface area contributed by atoms with Gasteiger partial charge >= 0.3 is 0 Å². The lowest BCUT2D eigenvalue weighted by atomic mass is 9.79. The number of nitriles is 1. The Morgan fingerprint density at radius 2 is 2.08 bits per heavy atom. The van der Waals surface area contributed by atoms with Gasteiger partial charge in [-0.3, -0.25) is 9.48 Å². The van der Waals surface area contributed by atoms with E-state index in [9.17, 15) is 10.1 Å². The zero-order valence-electron chi connectivity index (χ0n) is 14.4. The van der Waals surface area contributed by atoms with E-state index < -0.39 is 5.92 Å². The fourth-order valence-corrected chi connectivity index (χ4v) is 3.66. The number of carbonyl (C=O) groups is 1. The summed E-state index contributed by atoms with van der Waals surface area (Å²) in [6.45, 7) is 0. The number of ether oxygens (including phenoxy) is 1. The molecule has 4 rings (SSSR count). The van der Waals surface area contributed by atoms with Crippen LogP contribution in [0.25, 0.3) is 11.3 Å². The Balaban J connectivity index is 1.87. The van der Waals surface area contributed by atoms with Gasteiger partial charge in [0.15, 0.2) is 5.78 Å². The average Bonchev–Trinajstić information content (AvgIpc) is 3.03. The van der Waals surface area contributed by atoms with Gasteiger partial charge in [-0.2, -0.15) is 10.4 Å². The Morgan fingerprint density at radius 1 is 1.31 bits per heavy atom. The van der Waals surface area contributed by atoms with Crippen LogP contribution in [-0.4, -0.2) is 15.6 Å². The number of hydrogen-bond donors (Lipinski definition) is 1. The third-order valence-corrected chi connectivity index (χ3v) is 4.87. The first-order chi connectivity index (χ1) is 12.6. The number of nitrogens with zero attached hydrogens (tertiary/aromatic N) is 3. The van der Waals surface area contributed by atoms with E-state index in [0.29, 0.717) is 29.9 Å². The standard InChI is InChI=1S/C20H18N4O2/c1-24-15(12-6-3-2-4-7-12)10-14(23-24)18-13(11-21)20(22)26-17-9-5-8-16(25)19(17)18/h2-4,6-7,10,18H,5,8-9,22H2,1H3. The largest absolute Gasteiger partial charge is 0.444 e. The molecule has 1 aliphatic carbocycles. The molecular formula is C20H18N4O2. The lowest BCUT2D eigenvalue weighted by molar-refractivity contribution is -0.116. The maximum atomic E-state index is 12.6. The van der Waals surface area contributed by atoms with Gasteiger partial charge in [-0.25, -0.2) is 0 Å². The van der Waals surface area contributed by atoms with E-state index in [0.717, 1.165) is 17.7 Å². The van der Waals surface area contributed by atoms with Crippen LogP contribution < -0.4 is 5.73 Å². The Bertz CT molecular complexity index is 993. The molecule has 0 radical (unpaired) electrons. The second-order valence-electron chi connectivity index (χ2n) is 6.48. The number of Topliss-reactive ketones (excluding diaryl/α,β-unsaturated/α-hetero) is 1. The van der Waals surface area contributed by atoms with E-state index in [2.05, 4.69) is 11.2 Å². The molecule has 130 valence electrons. The molecule has 0 spiro atoms. The normalized spacial score (nSPS) is 19.8. The van der Waals surface area contributed by atoms with Crippen LogP contribution in [0.15, 0.2) is 59.2 Å². The molecule has 0 fully saturated rings. The number of rotatable bonds is 2. The average molecular weight is 346 g/mol. The molecule has 0 saturated heterocycles. The van der Waals surface area contributed by atoms with Crippen molar-refractivity contribution in [2.24, 2.45) is 12.8 Å². The van der Waals surface area contributed by atoms with Crippen LogP contribution in [0.1, 0.15) is 30.9 Å². The van der Waals surface area contributed by atoms with Crippen molar-refractivity contribution in [3.05, 3.63) is 64.9 Å². The van der Waals surface area contributed by atoms with Gasteiger partial charge in [-0.15, -0.1) is 0 Å². The maximum absolute atomic E-state index is 12.6. The van der Waals surface area contributed by atoms with Crippen LogP contribution in [-0.2, 0) is 16.6 Å². The highest BCUT2D eigenvalue weighted by atomic mass is 16.5. The Hall–Kier alpha value is -3.33. The summed E-state index contributed by atoms with van der Waals surface area (Å²) < 4.78 is 7.36. The zero-order chi connectivity index (χ0) is 18.3. The second kappa shape index (κ2) is 6.19. The van der Waals surface area contributed by atoms with Crippen molar-refractivity contribution in [1.29, 1.82) is 5.26 Å². The van der Waals surface area contributed by atoms with Gasteiger partial charge in [0, 0.05) is 25.5 Å². The predicted octanol–water partition coefficient (Wildman–Crippen LogP) is 2.90. The molecule has 2 aliphatic rings. The molecule has 0 amide bonds. The number of allylic oxidation sites excluding steroid dienone is 3. The van der Waals surface area contributed by atoms with Gasteiger partial charge in [0.1, 0.15) is 17.4 Å². The molecule has 2 aromatic rings. The predicted molar refractivity (Wildman–Crippen MR) is 95.2 cm³/mol. The molecule has 2 heterocycles. The van der Waals surface area contributed by atoms with E-state index in [-0.39, 0.29) is 17.2 Å². The summed E-state index contributed by atoms with van der Waals surface area (Å²) >= 11 is 0. The molecule has 6 nitrogen and oxygen atoms in total. The maximum Gasteiger partial charge on any atom is 0.205 e. The van der Waals surface area contributed by atoms with Gasteiger partial charge in [0.2, 0.25) is 5.88 Å². The summed E-state index contributed by atoms with van der Waals surface area (Å²) in [5, 5.41) is 14.2. The van der Waals surface area contributed by atoms with Crippen molar-refractivity contribution in [3.8, 4) is 17.3 Å². The van der Waals surface area contributed by atoms with E-state index >= 15 is 0 Å². The van der Waals surface area contributed by atoms with Gasteiger partial charge in [-0.1, -0.05) is 30.3 Å². The van der Waals surface area contributed by atoms with Crippen LogP contribution in [0.2, 0.25) is 0 Å². The van der Waals surface area contributed by atoms with Crippen molar-refractivity contribution in [3.63, 3.8) is 0 Å². The first-order valence-corrected chi connectivity index (χ1v) is 8.53. The number of ketones is 1. The van der Waals surface area contributed by atoms with Crippen molar-refractivity contribution in [2.45, 2.75) is 25.2 Å². The molecule has 0 saturated carbocycles. The molecule has 2 N–H and O–H groups in total. The van der Waals surface area contributed by atoms with Gasteiger partial charge in [0.05, 0.1) is 17.3 Å². The van der Waals surface area contributed by atoms with Crippen molar-refractivity contribution < 1.29 is 9.53 Å². The quantitative estimate of drug-likeness (QED) is 0.902. The SMILES string of the molecule is Cn1nc(C2C(C#N)=C(N)OC3=C2C(=O)CCC3)cc1-c1ccccc1. The third kappa shape index (κ3) is 2.49. The van der Waals surface area contributed by atoms with Gasteiger partial charge in [-0.05, 0) is 18.1 Å². The summed E-state index contributed by atoms with van der Waals surface area (Å²) in [7, 11) is 1.85. The monoisotopic (exact) mass is 346 g/mol. The van der Waals surface area contributed by atoms with Crippen LogP contribution in [0.4, 0.5) is 0 Å². The van der Waals surface area contributed by atoms with Crippen molar-refractivity contribution in [2.75, 3.05) is 0 Å². The number of benzene rings is 1. The molecule has 6 heteroatoms. The lowest BCUT2D eigenvalue weighted by Gasteiger charge is -2.29. The smallest absolute Gasteiger partial charge is 0.205 e. The molecule has 0 bridgehead atoms. The first kappa shape index (κ1) is 16.2. The number of nitrogens with two attached hydrogens (primary N) is 1. The summed E-state index contributed by atoms with van der Waals surface area (Å²) in [5.41, 5.74) is 9.32. The zero-order valence-corrected chi connectivity index (χ0v) is 14.4. The second-order valence-corrected chi connectivity index (χ2v) is 6.48. The molecule has 1 unspecified atom stereocenters. The fourth-order valence-electron chi connectivity index (χ4n) is 3.66. The van der Waals surface area contributed by atoms with Gasteiger partial charge < -0.3 is 10.5 Å². The van der Waals surface area contributed by atoms with Crippen LogP contribution in [0, 0.1) is 11.3 Å². The minimum absolute atomic E-state index is 0.00316. The number of aromatic nitrogens is 2.